The summed E-state index contributed by atoms with van der Waals surface area (Å²) in [5.74, 6) is 0. The number of carbonyl (C=O) groups excluding carboxylic acids is 1. The lowest BCUT2D eigenvalue weighted by molar-refractivity contribution is 0.0244. The molecule has 0 heterocycles. The largest absolute Gasteiger partial charge is 0.444 e. The van der Waals surface area contributed by atoms with Crippen LogP contribution in [0, 0.1) is 5.41 Å². The topological polar surface area (TPSA) is 41.6 Å². The highest BCUT2D eigenvalue weighted by molar-refractivity contribution is 5.68. The SMILES string of the molecule is CCN(Cc1cccc(NCC(C)(C)C)c1)C(=O)OC(C)(C)C. The molecular weight excluding hydrogens is 288 g/mol. The van der Waals surface area contributed by atoms with Crippen molar-refractivity contribution in [2.45, 2.75) is 60.6 Å². The standard InChI is InChI=1S/C19H32N2O2/c1-8-21(17(22)23-19(5,6)7)13-15-10-9-11-16(12-15)20-14-18(2,3)4/h9-12,20H,8,13-14H2,1-7H3. The molecule has 0 unspecified atom stereocenters. The van der Waals surface area contributed by atoms with Crippen LogP contribution in [0.15, 0.2) is 24.3 Å². The van der Waals surface area contributed by atoms with Gasteiger partial charge in [-0.1, -0.05) is 32.9 Å². The number of rotatable bonds is 5. The van der Waals surface area contributed by atoms with E-state index >= 15 is 0 Å². The maximum Gasteiger partial charge on any atom is 0.410 e. The highest BCUT2D eigenvalue weighted by Crippen LogP contribution is 2.18. The van der Waals surface area contributed by atoms with Gasteiger partial charge < -0.3 is 15.0 Å². The fraction of sp³-hybridized carbons (Fsp3) is 0.632. The van der Waals surface area contributed by atoms with E-state index in [2.05, 4.69) is 38.2 Å². The van der Waals surface area contributed by atoms with E-state index in [1.54, 1.807) is 4.90 Å². The summed E-state index contributed by atoms with van der Waals surface area (Å²) in [6.45, 7) is 16.3. The summed E-state index contributed by atoms with van der Waals surface area (Å²) in [6.07, 6.45) is -0.270. The summed E-state index contributed by atoms with van der Waals surface area (Å²) >= 11 is 0. The Hall–Kier alpha value is -1.71. The van der Waals surface area contributed by atoms with E-state index in [0.29, 0.717) is 13.1 Å². The molecule has 1 rings (SSSR count). The van der Waals surface area contributed by atoms with Crippen molar-refractivity contribution in [3.05, 3.63) is 29.8 Å². The van der Waals surface area contributed by atoms with Crippen LogP contribution in [-0.4, -0.2) is 29.7 Å². The number of nitrogens with zero attached hydrogens (tertiary/aromatic N) is 1. The first-order chi connectivity index (χ1) is 10.5. The van der Waals surface area contributed by atoms with Crippen molar-refractivity contribution < 1.29 is 9.53 Å². The van der Waals surface area contributed by atoms with Crippen molar-refractivity contribution in [1.29, 1.82) is 0 Å². The molecule has 23 heavy (non-hydrogen) atoms. The average molecular weight is 320 g/mol. The molecule has 1 N–H and O–H groups in total. The van der Waals surface area contributed by atoms with Gasteiger partial charge in [-0.25, -0.2) is 4.79 Å². The Balaban J connectivity index is 2.73. The van der Waals surface area contributed by atoms with E-state index in [0.717, 1.165) is 17.8 Å². The van der Waals surface area contributed by atoms with Gasteiger partial charge in [-0.15, -0.1) is 0 Å². The quantitative estimate of drug-likeness (QED) is 0.839. The Morgan fingerprint density at radius 2 is 1.83 bits per heavy atom. The van der Waals surface area contributed by atoms with Gasteiger partial charge in [-0.3, -0.25) is 0 Å². The van der Waals surface area contributed by atoms with Crippen LogP contribution in [0.3, 0.4) is 0 Å². The molecule has 4 nitrogen and oxygen atoms in total. The first kappa shape index (κ1) is 19.3. The first-order valence-electron chi connectivity index (χ1n) is 8.31. The molecule has 0 bridgehead atoms. The zero-order valence-corrected chi connectivity index (χ0v) is 15.7. The summed E-state index contributed by atoms with van der Waals surface area (Å²) in [7, 11) is 0. The second-order valence-corrected chi connectivity index (χ2v) is 8.11. The van der Waals surface area contributed by atoms with E-state index in [1.807, 2.05) is 39.8 Å². The molecule has 0 radical (unpaired) electrons. The van der Waals surface area contributed by atoms with Gasteiger partial charge in [0.15, 0.2) is 0 Å². The Bertz CT molecular complexity index is 513. The Morgan fingerprint density at radius 3 is 2.35 bits per heavy atom. The monoisotopic (exact) mass is 320 g/mol. The molecule has 0 saturated heterocycles. The highest BCUT2D eigenvalue weighted by Gasteiger charge is 2.21. The number of carbonyl (C=O) groups is 1. The fourth-order valence-corrected chi connectivity index (χ4v) is 2.00. The van der Waals surface area contributed by atoms with E-state index in [4.69, 9.17) is 4.74 Å². The zero-order chi connectivity index (χ0) is 17.7. The minimum Gasteiger partial charge on any atom is -0.444 e. The summed E-state index contributed by atoms with van der Waals surface area (Å²) in [4.78, 5) is 13.9. The van der Waals surface area contributed by atoms with Crippen LogP contribution in [-0.2, 0) is 11.3 Å². The molecule has 0 atom stereocenters. The minimum atomic E-state index is -0.472. The highest BCUT2D eigenvalue weighted by atomic mass is 16.6. The number of hydrogen-bond donors (Lipinski definition) is 1. The molecule has 130 valence electrons. The lowest BCUT2D eigenvalue weighted by atomic mass is 9.97. The van der Waals surface area contributed by atoms with Gasteiger partial charge >= 0.3 is 6.09 Å². The van der Waals surface area contributed by atoms with E-state index in [-0.39, 0.29) is 11.5 Å². The third-order valence-electron chi connectivity index (χ3n) is 3.16. The van der Waals surface area contributed by atoms with Crippen LogP contribution in [0.4, 0.5) is 10.5 Å². The number of nitrogens with one attached hydrogen (secondary N) is 1. The van der Waals surface area contributed by atoms with Crippen LogP contribution in [0.5, 0.6) is 0 Å². The van der Waals surface area contributed by atoms with Gasteiger partial charge in [-0.2, -0.15) is 0 Å². The third-order valence-corrected chi connectivity index (χ3v) is 3.16. The fourth-order valence-electron chi connectivity index (χ4n) is 2.00. The first-order valence-corrected chi connectivity index (χ1v) is 8.31. The smallest absolute Gasteiger partial charge is 0.410 e. The van der Waals surface area contributed by atoms with Crippen LogP contribution in [0.2, 0.25) is 0 Å². The van der Waals surface area contributed by atoms with Crippen molar-refractivity contribution in [1.82, 2.24) is 4.90 Å². The van der Waals surface area contributed by atoms with Crippen LogP contribution in [0.25, 0.3) is 0 Å². The molecule has 0 aromatic heterocycles. The normalized spacial score (nSPS) is 12.0. The van der Waals surface area contributed by atoms with Crippen LogP contribution >= 0.6 is 0 Å². The molecule has 1 amide bonds. The maximum atomic E-state index is 12.2. The molecule has 1 aromatic rings. The van der Waals surface area contributed by atoms with Crippen molar-refractivity contribution >= 4 is 11.8 Å². The van der Waals surface area contributed by atoms with Crippen LogP contribution in [0.1, 0.15) is 54.0 Å². The lowest BCUT2D eigenvalue weighted by Gasteiger charge is -2.26. The van der Waals surface area contributed by atoms with Crippen LogP contribution < -0.4 is 5.32 Å². The molecule has 4 heteroatoms. The lowest BCUT2D eigenvalue weighted by Crippen LogP contribution is -2.36. The third kappa shape index (κ3) is 7.91. The zero-order valence-electron chi connectivity index (χ0n) is 15.7. The number of amides is 1. The average Bonchev–Trinajstić information content (AvgIpc) is 2.40. The van der Waals surface area contributed by atoms with Gasteiger partial charge in [0.05, 0.1) is 0 Å². The van der Waals surface area contributed by atoms with Crippen molar-refractivity contribution in [2.24, 2.45) is 5.41 Å². The predicted molar refractivity (Wildman–Crippen MR) is 96.7 cm³/mol. The van der Waals surface area contributed by atoms with E-state index in [1.165, 1.54) is 0 Å². The second kappa shape index (κ2) is 7.71. The van der Waals surface area contributed by atoms with Crippen molar-refractivity contribution in [3.63, 3.8) is 0 Å². The molecule has 0 aliphatic rings. The summed E-state index contributed by atoms with van der Waals surface area (Å²) in [5.41, 5.74) is 1.93. The molecule has 0 aliphatic carbocycles. The molecule has 1 aromatic carbocycles. The second-order valence-electron chi connectivity index (χ2n) is 8.11. The summed E-state index contributed by atoms with van der Waals surface area (Å²) in [6, 6.07) is 8.20. The molecule has 0 spiro atoms. The van der Waals surface area contributed by atoms with Gasteiger partial charge in [-0.05, 0) is 50.8 Å². The molecular formula is C19H32N2O2. The minimum absolute atomic E-state index is 0.224. The van der Waals surface area contributed by atoms with E-state index < -0.39 is 5.60 Å². The summed E-state index contributed by atoms with van der Waals surface area (Å²) in [5, 5.41) is 3.45. The molecule has 0 saturated carbocycles. The Morgan fingerprint density at radius 1 is 1.17 bits per heavy atom. The van der Waals surface area contributed by atoms with Gasteiger partial charge in [0.25, 0.3) is 0 Å². The van der Waals surface area contributed by atoms with E-state index in [9.17, 15) is 4.79 Å². The van der Waals surface area contributed by atoms with Gasteiger partial charge in [0.1, 0.15) is 5.60 Å². The maximum absolute atomic E-state index is 12.2. The Labute approximate surface area is 141 Å². The summed E-state index contributed by atoms with van der Waals surface area (Å²) < 4.78 is 5.46. The number of ether oxygens (including phenoxy) is 1. The number of benzene rings is 1. The predicted octanol–water partition coefficient (Wildman–Crippen LogP) is 4.90. The number of hydrogen-bond acceptors (Lipinski definition) is 3. The molecule has 0 aliphatic heterocycles. The molecule has 0 fully saturated rings. The van der Waals surface area contributed by atoms with Crippen molar-refractivity contribution in [2.75, 3.05) is 18.4 Å². The Kier molecular flexibility index (Phi) is 6.48. The van der Waals surface area contributed by atoms with Gasteiger partial charge in [0.2, 0.25) is 0 Å². The van der Waals surface area contributed by atoms with Crippen molar-refractivity contribution in [3.8, 4) is 0 Å². The van der Waals surface area contributed by atoms with Gasteiger partial charge in [0, 0.05) is 25.3 Å². The number of anilines is 1.